The minimum atomic E-state index is 0.120. The molecular weight excluding hydrogens is 174 g/mol. The van der Waals surface area contributed by atoms with Crippen molar-refractivity contribution in [2.75, 3.05) is 13.6 Å². The van der Waals surface area contributed by atoms with Gasteiger partial charge < -0.3 is 4.90 Å². The second-order valence-corrected chi connectivity index (χ2v) is 3.60. The molecule has 0 fully saturated rings. The summed E-state index contributed by atoms with van der Waals surface area (Å²) in [5.74, 6) is 0.120. The van der Waals surface area contributed by atoms with E-state index in [1.165, 1.54) is 0 Å². The van der Waals surface area contributed by atoms with Gasteiger partial charge in [0.25, 0.3) is 5.91 Å². The van der Waals surface area contributed by atoms with Crippen molar-refractivity contribution < 1.29 is 4.79 Å². The molecule has 1 aromatic rings. The van der Waals surface area contributed by atoms with E-state index in [-0.39, 0.29) is 5.91 Å². The van der Waals surface area contributed by atoms with E-state index >= 15 is 0 Å². The molecule has 0 aromatic heterocycles. The summed E-state index contributed by atoms with van der Waals surface area (Å²) in [7, 11) is 1.84. The molecule has 0 N–H and O–H groups in total. The maximum absolute atomic E-state index is 11.8. The Balaban J connectivity index is 2.51. The van der Waals surface area contributed by atoms with Crippen molar-refractivity contribution in [3.05, 3.63) is 41.5 Å². The molecule has 0 radical (unpaired) electrons. The van der Waals surface area contributed by atoms with Crippen molar-refractivity contribution in [3.63, 3.8) is 0 Å². The molecule has 14 heavy (non-hydrogen) atoms. The summed E-state index contributed by atoms with van der Waals surface area (Å²) >= 11 is 0. The second kappa shape index (κ2) is 3.29. The number of nitrogens with zero attached hydrogens (tertiary/aromatic N) is 1. The number of carbonyl (C=O) groups excluding carboxylic acids is 1. The van der Waals surface area contributed by atoms with Crippen molar-refractivity contribution in [1.82, 2.24) is 4.90 Å². The normalized spacial score (nSPS) is 15.2. The zero-order valence-electron chi connectivity index (χ0n) is 8.29. The lowest BCUT2D eigenvalue weighted by Crippen LogP contribution is -2.34. The zero-order chi connectivity index (χ0) is 10.1. The maximum atomic E-state index is 11.8. The fraction of sp³-hybridized carbons (Fsp3) is 0.250. The van der Waals surface area contributed by atoms with Gasteiger partial charge in [0.2, 0.25) is 0 Å². The van der Waals surface area contributed by atoms with Crippen LogP contribution >= 0.6 is 0 Å². The first-order valence-electron chi connectivity index (χ1n) is 4.73. The summed E-state index contributed by atoms with van der Waals surface area (Å²) in [4.78, 5) is 13.5. The van der Waals surface area contributed by atoms with E-state index in [2.05, 4.69) is 6.58 Å². The molecule has 0 atom stereocenters. The molecular formula is C12H13NO. The standard InChI is InChI=1S/C12H13NO/c1-3-9-4-5-10-6-7-13(2)12(14)11(10)8-9/h3-5,8H,1,6-7H2,2H3. The molecule has 1 aliphatic heterocycles. The third kappa shape index (κ3) is 1.33. The third-order valence-electron chi connectivity index (χ3n) is 2.66. The van der Waals surface area contributed by atoms with Crippen LogP contribution in [0.15, 0.2) is 24.8 Å². The average Bonchev–Trinajstić information content (AvgIpc) is 2.23. The maximum Gasteiger partial charge on any atom is 0.253 e. The van der Waals surface area contributed by atoms with E-state index in [1.807, 2.05) is 25.2 Å². The van der Waals surface area contributed by atoms with Crippen LogP contribution in [0.1, 0.15) is 21.5 Å². The van der Waals surface area contributed by atoms with Crippen molar-refractivity contribution in [2.45, 2.75) is 6.42 Å². The van der Waals surface area contributed by atoms with Gasteiger partial charge >= 0.3 is 0 Å². The molecule has 0 bridgehead atoms. The van der Waals surface area contributed by atoms with Gasteiger partial charge in [-0.25, -0.2) is 0 Å². The van der Waals surface area contributed by atoms with Crippen LogP contribution in [0.3, 0.4) is 0 Å². The number of carbonyl (C=O) groups is 1. The summed E-state index contributed by atoms with van der Waals surface area (Å²) in [6.45, 7) is 4.52. The number of hydrogen-bond donors (Lipinski definition) is 0. The molecule has 2 heteroatoms. The van der Waals surface area contributed by atoms with Crippen LogP contribution in [-0.4, -0.2) is 24.4 Å². The van der Waals surface area contributed by atoms with Crippen molar-refractivity contribution in [3.8, 4) is 0 Å². The average molecular weight is 187 g/mol. The van der Waals surface area contributed by atoms with E-state index in [4.69, 9.17) is 0 Å². The number of likely N-dealkylation sites (N-methyl/N-ethyl adjacent to an activating group) is 1. The topological polar surface area (TPSA) is 20.3 Å². The van der Waals surface area contributed by atoms with E-state index in [1.54, 1.807) is 11.0 Å². The van der Waals surface area contributed by atoms with Crippen LogP contribution in [0.25, 0.3) is 6.08 Å². The van der Waals surface area contributed by atoms with Gasteiger partial charge in [-0.05, 0) is 23.6 Å². The lowest BCUT2D eigenvalue weighted by molar-refractivity contribution is 0.0781. The minimum absolute atomic E-state index is 0.120. The molecule has 1 aromatic carbocycles. The quantitative estimate of drug-likeness (QED) is 0.658. The monoisotopic (exact) mass is 187 g/mol. The summed E-state index contributed by atoms with van der Waals surface area (Å²) in [6, 6.07) is 5.95. The van der Waals surface area contributed by atoms with E-state index < -0.39 is 0 Å². The molecule has 0 aliphatic carbocycles. The molecule has 2 nitrogen and oxygen atoms in total. The van der Waals surface area contributed by atoms with Gasteiger partial charge in [0.1, 0.15) is 0 Å². The Labute approximate surface area is 83.8 Å². The number of fused-ring (bicyclic) bond motifs is 1. The highest BCUT2D eigenvalue weighted by Crippen LogP contribution is 2.19. The fourth-order valence-corrected chi connectivity index (χ4v) is 1.73. The van der Waals surface area contributed by atoms with Crippen LogP contribution in [0.5, 0.6) is 0 Å². The van der Waals surface area contributed by atoms with Crippen LogP contribution < -0.4 is 0 Å². The lowest BCUT2D eigenvalue weighted by atomic mass is 9.97. The van der Waals surface area contributed by atoms with Crippen LogP contribution in [0, 0.1) is 0 Å². The number of hydrogen-bond acceptors (Lipinski definition) is 1. The first-order chi connectivity index (χ1) is 6.72. The largest absolute Gasteiger partial charge is 0.341 e. The molecule has 0 spiro atoms. The highest BCUT2D eigenvalue weighted by Gasteiger charge is 2.20. The first-order valence-corrected chi connectivity index (χ1v) is 4.73. The van der Waals surface area contributed by atoms with Gasteiger partial charge in [-0.1, -0.05) is 24.8 Å². The Morgan fingerprint density at radius 2 is 2.29 bits per heavy atom. The highest BCUT2D eigenvalue weighted by atomic mass is 16.2. The van der Waals surface area contributed by atoms with Crippen molar-refractivity contribution in [2.24, 2.45) is 0 Å². The van der Waals surface area contributed by atoms with E-state index in [9.17, 15) is 4.79 Å². The lowest BCUT2D eigenvalue weighted by Gasteiger charge is -2.24. The van der Waals surface area contributed by atoms with E-state index in [0.717, 1.165) is 29.7 Å². The SMILES string of the molecule is C=Cc1ccc2c(c1)C(=O)N(C)CC2. The van der Waals surface area contributed by atoms with E-state index in [0.29, 0.717) is 0 Å². The van der Waals surface area contributed by atoms with Crippen molar-refractivity contribution in [1.29, 1.82) is 0 Å². The van der Waals surface area contributed by atoms with Crippen molar-refractivity contribution >= 4 is 12.0 Å². The Bertz CT molecular complexity index is 395. The molecule has 0 saturated heterocycles. The van der Waals surface area contributed by atoms with Crippen LogP contribution in [0.2, 0.25) is 0 Å². The highest BCUT2D eigenvalue weighted by molar-refractivity contribution is 5.97. The van der Waals surface area contributed by atoms with Gasteiger partial charge in [0.15, 0.2) is 0 Å². The Kier molecular flexibility index (Phi) is 2.12. The predicted molar refractivity (Wildman–Crippen MR) is 57.2 cm³/mol. The second-order valence-electron chi connectivity index (χ2n) is 3.60. The fourth-order valence-electron chi connectivity index (χ4n) is 1.73. The Morgan fingerprint density at radius 1 is 1.50 bits per heavy atom. The zero-order valence-corrected chi connectivity index (χ0v) is 8.29. The van der Waals surface area contributed by atoms with Gasteiger partial charge in [-0.15, -0.1) is 0 Å². The Morgan fingerprint density at radius 3 is 3.00 bits per heavy atom. The van der Waals surface area contributed by atoms with Gasteiger partial charge in [0.05, 0.1) is 0 Å². The minimum Gasteiger partial charge on any atom is -0.341 e. The smallest absolute Gasteiger partial charge is 0.253 e. The van der Waals surface area contributed by atoms with Crippen LogP contribution in [-0.2, 0) is 6.42 Å². The summed E-state index contributed by atoms with van der Waals surface area (Å²) in [6.07, 6.45) is 2.72. The summed E-state index contributed by atoms with van der Waals surface area (Å²) in [5, 5.41) is 0. The molecule has 1 aliphatic rings. The Hall–Kier alpha value is -1.57. The third-order valence-corrected chi connectivity index (χ3v) is 2.66. The number of benzene rings is 1. The summed E-state index contributed by atoms with van der Waals surface area (Å²) < 4.78 is 0. The molecule has 0 saturated carbocycles. The van der Waals surface area contributed by atoms with Gasteiger partial charge in [-0.2, -0.15) is 0 Å². The molecule has 1 heterocycles. The van der Waals surface area contributed by atoms with Crippen LogP contribution in [0.4, 0.5) is 0 Å². The predicted octanol–water partition coefficient (Wildman–Crippen LogP) is 1.96. The van der Waals surface area contributed by atoms with Gasteiger partial charge in [-0.3, -0.25) is 4.79 Å². The molecule has 2 rings (SSSR count). The number of amides is 1. The number of rotatable bonds is 1. The molecule has 1 amide bonds. The molecule has 72 valence electrons. The first kappa shape index (κ1) is 9.00. The van der Waals surface area contributed by atoms with Gasteiger partial charge in [0, 0.05) is 19.2 Å². The summed E-state index contributed by atoms with van der Waals surface area (Å²) in [5.41, 5.74) is 2.99. The molecule has 0 unspecified atom stereocenters.